The first kappa shape index (κ1) is 20.2. The fraction of sp³-hybridized carbons (Fsp3) is 1.00. The van der Waals surface area contributed by atoms with Crippen LogP contribution in [0.2, 0.25) is 18.6 Å². The number of hydrogen-bond donors (Lipinski definition) is 2. The summed E-state index contributed by atoms with van der Waals surface area (Å²) in [5, 5.41) is 12.7. The molecule has 0 amide bonds. The zero-order valence-electron chi connectivity index (χ0n) is 13.5. The average molecular weight is 326 g/mol. The Kier molecular flexibility index (Phi) is 11.0. The standard InChI is InChI=1S/C12H31NO5Si2/c1-15-19(5,12-14)10-6-8-13-9-7-11-20(16-2,17-3)18-4/h13-14H,6-12H2,1-5H3. The zero-order valence-corrected chi connectivity index (χ0v) is 15.5. The average Bonchev–Trinajstić information content (AvgIpc) is 2.50. The van der Waals surface area contributed by atoms with Gasteiger partial charge in [0.15, 0.2) is 0 Å². The highest BCUT2D eigenvalue weighted by Gasteiger charge is 2.36. The van der Waals surface area contributed by atoms with Crippen LogP contribution in [-0.4, -0.2) is 70.0 Å². The van der Waals surface area contributed by atoms with E-state index in [1.54, 1.807) is 28.4 Å². The number of nitrogens with one attached hydrogen (secondary N) is 1. The van der Waals surface area contributed by atoms with Crippen molar-refractivity contribution in [3.8, 4) is 0 Å². The molecule has 1 unspecified atom stereocenters. The summed E-state index contributed by atoms with van der Waals surface area (Å²) >= 11 is 0. The van der Waals surface area contributed by atoms with E-state index in [1.165, 1.54) is 0 Å². The Morgan fingerprint density at radius 1 is 0.850 bits per heavy atom. The Labute approximate surface area is 125 Å². The summed E-state index contributed by atoms with van der Waals surface area (Å²) in [4.78, 5) is 0. The van der Waals surface area contributed by atoms with E-state index in [-0.39, 0.29) is 6.23 Å². The van der Waals surface area contributed by atoms with E-state index in [0.29, 0.717) is 0 Å². The molecule has 0 aliphatic carbocycles. The third kappa shape index (κ3) is 7.27. The molecule has 0 saturated carbocycles. The summed E-state index contributed by atoms with van der Waals surface area (Å²) in [6.07, 6.45) is 2.17. The maximum absolute atomic E-state index is 9.28. The fourth-order valence-electron chi connectivity index (χ4n) is 1.94. The third-order valence-electron chi connectivity index (χ3n) is 3.66. The third-order valence-corrected chi connectivity index (χ3v) is 9.55. The van der Waals surface area contributed by atoms with Gasteiger partial charge in [-0.15, -0.1) is 0 Å². The quantitative estimate of drug-likeness (QED) is 0.389. The van der Waals surface area contributed by atoms with Crippen molar-refractivity contribution in [1.29, 1.82) is 0 Å². The van der Waals surface area contributed by atoms with Gasteiger partial charge in [0, 0.05) is 34.5 Å². The molecule has 6 nitrogen and oxygen atoms in total. The molecule has 0 aromatic heterocycles. The van der Waals surface area contributed by atoms with E-state index in [1.807, 2.05) is 0 Å². The SMILES string of the molecule is CO[Si](C)(CO)CCCNCCC[Si](OC)(OC)OC. The topological polar surface area (TPSA) is 69.2 Å². The number of aliphatic hydroxyl groups is 1. The van der Waals surface area contributed by atoms with Crippen LogP contribution in [0.5, 0.6) is 0 Å². The summed E-state index contributed by atoms with van der Waals surface area (Å²) in [5.74, 6) is 0. The molecule has 0 aliphatic heterocycles. The maximum atomic E-state index is 9.28. The van der Waals surface area contributed by atoms with Crippen LogP contribution >= 0.6 is 0 Å². The monoisotopic (exact) mass is 325 g/mol. The summed E-state index contributed by atoms with van der Waals surface area (Å²) in [6.45, 7) is 3.91. The van der Waals surface area contributed by atoms with Gasteiger partial charge in [-0.1, -0.05) is 0 Å². The van der Waals surface area contributed by atoms with Gasteiger partial charge in [0.05, 0.1) is 6.23 Å². The van der Waals surface area contributed by atoms with Crippen molar-refractivity contribution in [1.82, 2.24) is 5.32 Å². The van der Waals surface area contributed by atoms with Gasteiger partial charge in [0.1, 0.15) is 0 Å². The Hall–Kier alpha value is 0.194. The van der Waals surface area contributed by atoms with Gasteiger partial charge in [-0.2, -0.15) is 0 Å². The molecule has 0 rings (SSSR count). The molecule has 0 heterocycles. The predicted molar refractivity (Wildman–Crippen MR) is 84.2 cm³/mol. The van der Waals surface area contributed by atoms with Crippen LogP contribution in [0.4, 0.5) is 0 Å². The van der Waals surface area contributed by atoms with Crippen molar-refractivity contribution in [3.63, 3.8) is 0 Å². The van der Waals surface area contributed by atoms with Crippen molar-refractivity contribution in [2.24, 2.45) is 0 Å². The first-order valence-corrected chi connectivity index (χ1v) is 11.8. The Balaban J connectivity index is 3.68. The molecule has 0 spiro atoms. The minimum atomic E-state index is -2.41. The highest BCUT2D eigenvalue weighted by atomic mass is 28.4. The van der Waals surface area contributed by atoms with Crippen LogP contribution in [0.25, 0.3) is 0 Å². The zero-order chi connectivity index (χ0) is 15.5. The van der Waals surface area contributed by atoms with Gasteiger partial charge in [-0.25, -0.2) is 0 Å². The van der Waals surface area contributed by atoms with Crippen molar-refractivity contribution in [2.45, 2.75) is 31.5 Å². The van der Waals surface area contributed by atoms with Gasteiger partial charge < -0.3 is 28.1 Å². The molecule has 0 aromatic rings. The van der Waals surface area contributed by atoms with Crippen molar-refractivity contribution >= 4 is 17.1 Å². The first-order valence-electron chi connectivity index (χ1n) is 7.03. The van der Waals surface area contributed by atoms with Crippen LogP contribution in [-0.2, 0) is 17.7 Å². The summed E-state index contributed by atoms with van der Waals surface area (Å²) in [7, 11) is 2.34. The first-order chi connectivity index (χ1) is 9.51. The maximum Gasteiger partial charge on any atom is 0.500 e. The second kappa shape index (κ2) is 10.9. The molecule has 0 radical (unpaired) electrons. The van der Waals surface area contributed by atoms with Crippen LogP contribution < -0.4 is 5.32 Å². The molecule has 0 fully saturated rings. The van der Waals surface area contributed by atoms with E-state index < -0.39 is 17.1 Å². The largest absolute Gasteiger partial charge is 0.500 e. The highest BCUT2D eigenvalue weighted by Crippen LogP contribution is 2.14. The second-order valence-electron chi connectivity index (χ2n) is 5.06. The molecule has 2 N–H and O–H groups in total. The van der Waals surface area contributed by atoms with Crippen molar-refractivity contribution in [2.75, 3.05) is 47.8 Å². The molecule has 0 bridgehead atoms. The molecule has 1 atom stereocenters. The lowest BCUT2D eigenvalue weighted by atomic mass is 10.4. The number of hydrogen-bond acceptors (Lipinski definition) is 6. The lowest BCUT2D eigenvalue weighted by Gasteiger charge is -2.24. The van der Waals surface area contributed by atoms with Crippen molar-refractivity contribution in [3.05, 3.63) is 0 Å². The molecular formula is C12H31NO5Si2. The normalized spacial score (nSPS) is 15.3. The Morgan fingerprint density at radius 2 is 1.35 bits per heavy atom. The second-order valence-corrected chi connectivity index (χ2v) is 12.3. The van der Waals surface area contributed by atoms with Gasteiger partial charge in [0.25, 0.3) is 0 Å². The minimum Gasteiger partial charge on any atom is -0.418 e. The van der Waals surface area contributed by atoms with Crippen LogP contribution in [0, 0.1) is 0 Å². The van der Waals surface area contributed by atoms with E-state index in [2.05, 4.69) is 11.9 Å². The fourth-order valence-corrected chi connectivity index (χ4v) is 5.08. The molecule has 8 heteroatoms. The van der Waals surface area contributed by atoms with Crippen LogP contribution in [0.1, 0.15) is 12.8 Å². The molecule has 0 aromatic carbocycles. The van der Waals surface area contributed by atoms with Gasteiger partial charge >= 0.3 is 8.80 Å². The summed E-state index contributed by atoms with van der Waals surface area (Å²) < 4.78 is 21.5. The van der Waals surface area contributed by atoms with Gasteiger partial charge in [-0.05, 0) is 38.5 Å². The molecule has 0 saturated heterocycles. The van der Waals surface area contributed by atoms with E-state index in [4.69, 9.17) is 17.7 Å². The number of aliphatic hydroxyl groups excluding tert-OH is 1. The van der Waals surface area contributed by atoms with Gasteiger partial charge in [0.2, 0.25) is 8.32 Å². The molecule has 0 aliphatic rings. The molecule has 20 heavy (non-hydrogen) atoms. The van der Waals surface area contributed by atoms with Crippen LogP contribution in [0.15, 0.2) is 0 Å². The Bertz CT molecular complexity index is 230. The van der Waals surface area contributed by atoms with Gasteiger partial charge in [-0.3, -0.25) is 0 Å². The van der Waals surface area contributed by atoms with Crippen LogP contribution in [0.3, 0.4) is 0 Å². The lowest BCUT2D eigenvalue weighted by Crippen LogP contribution is -2.43. The van der Waals surface area contributed by atoms with E-state index >= 15 is 0 Å². The number of rotatable bonds is 13. The van der Waals surface area contributed by atoms with E-state index in [0.717, 1.165) is 38.0 Å². The molecular weight excluding hydrogens is 294 g/mol. The molecule has 122 valence electrons. The minimum absolute atomic E-state index is 0.188. The van der Waals surface area contributed by atoms with Crippen molar-refractivity contribution < 1.29 is 22.8 Å². The highest BCUT2D eigenvalue weighted by molar-refractivity contribution is 6.72. The summed E-state index contributed by atoms with van der Waals surface area (Å²) in [5.41, 5.74) is 0. The van der Waals surface area contributed by atoms with E-state index in [9.17, 15) is 5.11 Å². The summed E-state index contributed by atoms with van der Waals surface area (Å²) in [6, 6.07) is 1.78. The smallest absolute Gasteiger partial charge is 0.418 e. The Morgan fingerprint density at radius 3 is 1.75 bits per heavy atom. The predicted octanol–water partition coefficient (Wildman–Crippen LogP) is 0.988. The lowest BCUT2D eigenvalue weighted by molar-refractivity contribution is 0.123.